The van der Waals surface area contributed by atoms with Crippen molar-refractivity contribution in [3.05, 3.63) is 53.7 Å². The molecule has 1 N–H and O–H groups in total. The molecule has 0 atom stereocenters. The Labute approximate surface area is 172 Å². The van der Waals surface area contributed by atoms with Crippen LogP contribution < -0.4 is 10.1 Å². The molecule has 1 aromatic heterocycles. The van der Waals surface area contributed by atoms with E-state index in [9.17, 15) is 9.59 Å². The van der Waals surface area contributed by atoms with Crippen molar-refractivity contribution in [1.29, 1.82) is 0 Å². The summed E-state index contributed by atoms with van der Waals surface area (Å²) in [7, 11) is 0. The smallest absolute Gasteiger partial charge is 0.253 e. The van der Waals surface area contributed by atoms with Crippen molar-refractivity contribution in [2.45, 2.75) is 33.6 Å². The van der Waals surface area contributed by atoms with Gasteiger partial charge in [-0.25, -0.2) is 4.98 Å². The summed E-state index contributed by atoms with van der Waals surface area (Å²) in [5.74, 6) is 1.56. The summed E-state index contributed by atoms with van der Waals surface area (Å²) in [6, 6.07) is 11.1. The Balaban J connectivity index is 1.54. The molecule has 0 aliphatic carbocycles. The lowest BCUT2D eigenvalue weighted by Gasteiger charge is -2.31. The molecule has 2 heterocycles. The number of carbonyl (C=O) groups is 2. The third-order valence-electron chi connectivity index (χ3n) is 4.98. The van der Waals surface area contributed by atoms with E-state index in [1.807, 2.05) is 42.2 Å². The van der Waals surface area contributed by atoms with Crippen LogP contribution in [0.25, 0.3) is 0 Å². The Morgan fingerprint density at radius 2 is 1.97 bits per heavy atom. The number of ether oxygens (including phenoxy) is 1. The highest BCUT2D eigenvalue weighted by molar-refractivity contribution is 5.95. The van der Waals surface area contributed by atoms with E-state index in [2.05, 4.69) is 24.1 Å². The van der Waals surface area contributed by atoms with Gasteiger partial charge in [0.1, 0.15) is 11.6 Å². The van der Waals surface area contributed by atoms with Gasteiger partial charge < -0.3 is 15.0 Å². The molecule has 0 spiro atoms. The molecule has 6 nitrogen and oxygen atoms in total. The molecule has 1 aliphatic rings. The van der Waals surface area contributed by atoms with Crippen molar-refractivity contribution in [2.75, 3.05) is 25.0 Å². The van der Waals surface area contributed by atoms with Gasteiger partial charge in [0, 0.05) is 30.8 Å². The topological polar surface area (TPSA) is 71.5 Å². The lowest BCUT2D eigenvalue weighted by atomic mass is 9.95. The van der Waals surface area contributed by atoms with E-state index < -0.39 is 0 Å². The quantitative estimate of drug-likeness (QED) is 0.805. The van der Waals surface area contributed by atoms with Crippen LogP contribution in [0.2, 0.25) is 0 Å². The maximum atomic E-state index is 12.9. The molecule has 0 unspecified atom stereocenters. The predicted octanol–water partition coefficient (Wildman–Crippen LogP) is 3.92. The maximum Gasteiger partial charge on any atom is 0.253 e. The lowest BCUT2D eigenvalue weighted by molar-refractivity contribution is -0.121. The Morgan fingerprint density at radius 3 is 2.66 bits per heavy atom. The average molecular weight is 396 g/mol. The number of hydrogen-bond donors (Lipinski definition) is 1. The number of anilines is 1. The van der Waals surface area contributed by atoms with Crippen molar-refractivity contribution in [3.8, 4) is 5.75 Å². The molecule has 29 heavy (non-hydrogen) atoms. The van der Waals surface area contributed by atoms with Crippen LogP contribution in [-0.2, 0) is 4.79 Å². The third kappa shape index (κ3) is 5.79. The summed E-state index contributed by atoms with van der Waals surface area (Å²) in [5.41, 5.74) is 1.67. The van der Waals surface area contributed by atoms with Gasteiger partial charge in [0.15, 0.2) is 0 Å². The van der Waals surface area contributed by atoms with Crippen LogP contribution in [0, 0.1) is 18.8 Å². The number of nitrogens with zero attached hydrogens (tertiary/aromatic N) is 2. The molecule has 2 amide bonds. The third-order valence-corrected chi connectivity index (χ3v) is 4.98. The second-order valence-electron chi connectivity index (χ2n) is 8.01. The zero-order chi connectivity index (χ0) is 20.8. The molecule has 1 aliphatic heterocycles. The van der Waals surface area contributed by atoms with Crippen molar-refractivity contribution >= 4 is 17.6 Å². The molecule has 154 valence electrons. The van der Waals surface area contributed by atoms with Gasteiger partial charge in [-0.2, -0.15) is 0 Å². The van der Waals surface area contributed by atoms with E-state index in [1.54, 1.807) is 12.3 Å². The largest absolute Gasteiger partial charge is 0.493 e. The number of piperidine rings is 1. The van der Waals surface area contributed by atoms with Gasteiger partial charge in [-0.05, 0) is 61.6 Å². The van der Waals surface area contributed by atoms with Gasteiger partial charge >= 0.3 is 0 Å². The van der Waals surface area contributed by atoms with E-state index in [1.165, 1.54) is 0 Å². The van der Waals surface area contributed by atoms with Crippen molar-refractivity contribution in [1.82, 2.24) is 9.88 Å². The Morgan fingerprint density at radius 1 is 1.21 bits per heavy atom. The molecule has 1 fully saturated rings. The second kappa shape index (κ2) is 9.54. The zero-order valence-corrected chi connectivity index (χ0v) is 17.4. The van der Waals surface area contributed by atoms with Crippen molar-refractivity contribution < 1.29 is 14.3 Å². The molecule has 6 heteroatoms. The number of benzene rings is 1. The molecular weight excluding hydrogens is 366 g/mol. The number of amides is 2. The lowest BCUT2D eigenvalue weighted by Crippen LogP contribution is -2.41. The average Bonchev–Trinajstić information content (AvgIpc) is 2.72. The highest BCUT2D eigenvalue weighted by atomic mass is 16.5. The number of carbonyl (C=O) groups excluding carboxylic acids is 2. The van der Waals surface area contributed by atoms with E-state index in [0.29, 0.717) is 55.6 Å². The minimum Gasteiger partial charge on any atom is -0.493 e. The number of likely N-dealkylation sites (tertiary alicyclic amines) is 1. The summed E-state index contributed by atoms with van der Waals surface area (Å²) in [4.78, 5) is 31.4. The molecular formula is C23H29N3O3. The summed E-state index contributed by atoms with van der Waals surface area (Å²) in [6.07, 6.45) is 2.98. The van der Waals surface area contributed by atoms with Crippen LogP contribution in [-0.4, -0.2) is 41.4 Å². The summed E-state index contributed by atoms with van der Waals surface area (Å²) in [6.45, 7) is 7.89. The van der Waals surface area contributed by atoms with E-state index in [4.69, 9.17) is 4.74 Å². The number of aromatic nitrogens is 1. The zero-order valence-electron chi connectivity index (χ0n) is 17.4. The predicted molar refractivity (Wildman–Crippen MR) is 113 cm³/mol. The first-order valence-electron chi connectivity index (χ1n) is 10.2. The van der Waals surface area contributed by atoms with Crippen LogP contribution in [0.4, 0.5) is 5.82 Å². The fourth-order valence-corrected chi connectivity index (χ4v) is 3.34. The van der Waals surface area contributed by atoms with Crippen molar-refractivity contribution in [2.24, 2.45) is 11.8 Å². The standard InChI is InChI=1S/C23H29N3O3/c1-16(2)15-29-20-6-4-5-19(14-20)23(28)26-11-8-18(9-12-26)22(27)25-21-13-17(3)7-10-24-21/h4-7,10,13-14,16,18H,8-9,11-12,15H2,1-3H3,(H,24,25,27). The van der Waals surface area contributed by atoms with Gasteiger partial charge in [-0.15, -0.1) is 0 Å². The number of nitrogens with one attached hydrogen (secondary N) is 1. The van der Waals surface area contributed by atoms with Crippen molar-refractivity contribution in [3.63, 3.8) is 0 Å². The fourth-order valence-electron chi connectivity index (χ4n) is 3.34. The minimum absolute atomic E-state index is 0.0146. The monoisotopic (exact) mass is 395 g/mol. The fraction of sp³-hybridized carbons (Fsp3) is 0.435. The molecule has 1 aromatic carbocycles. The van der Waals surface area contributed by atoms with Gasteiger partial charge in [0.05, 0.1) is 6.61 Å². The molecule has 0 radical (unpaired) electrons. The van der Waals surface area contributed by atoms with Gasteiger partial charge in [-0.1, -0.05) is 19.9 Å². The maximum absolute atomic E-state index is 12.9. The molecule has 0 bridgehead atoms. The molecule has 0 saturated carbocycles. The van der Waals surface area contributed by atoms with Gasteiger partial charge in [0.25, 0.3) is 5.91 Å². The highest BCUT2D eigenvalue weighted by Crippen LogP contribution is 2.22. The summed E-state index contributed by atoms with van der Waals surface area (Å²) < 4.78 is 5.73. The van der Waals surface area contributed by atoms with Crippen LogP contribution in [0.15, 0.2) is 42.6 Å². The normalized spacial score (nSPS) is 14.7. The highest BCUT2D eigenvalue weighted by Gasteiger charge is 2.28. The Hall–Kier alpha value is -2.89. The minimum atomic E-state index is -0.109. The van der Waals surface area contributed by atoms with Gasteiger partial charge in [-0.3, -0.25) is 9.59 Å². The first-order valence-corrected chi connectivity index (χ1v) is 10.2. The van der Waals surface area contributed by atoms with E-state index in [0.717, 1.165) is 5.56 Å². The Kier molecular flexibility index (Phi) is 6.86. The van der Waals surface area contributed by atoms with Crippen LogP contribution >= 0.6 is 0 Å². The van der Waals surface area contributed by atoms with Crippen LogP contribution in [0.1, 0.15) is 42.6 Å². The van der Waals surface area contributed by atoms with Gasteiger partial charge in [0.2, 0.25) is 5.91 Å². The van der Waals surface area contributed by atoms with E-state index >= 15 is 0 Å². The first-order chi connectivity index (χ1) is 13.9. The second-order valence-corrected chi connectivity index (χ2v) is 8.01. The van der Waals surface area contributed by atoms with Crippen LogP contribution in [0.5, 0.6) is 5.75 Å². The number of rotatable bonds is 6. The van der Waals surface area contributed by atoms with Crippen LogP contribution in [0.3, 0.4) is 0 Å². The number of pyridine rings is 1. The summed E-state index contributed by atoms with van der Waals surface area (Å²) in [5, 5.41) is 2.89. The molecule has 1 saturated heterocycles. The van der Waals surface area contributed by atoms with E-state index in [-0.39, 0.29) is 17.7 Å². The Bertz CT molecular complexity index is 858. The number of hydrogen-bond acceptors (Lipinski definition) is 4. The molecule has 3 rings (SSSR count). The first kappa shape index (κ1) is 20.8. The molecule has 2 aromatic rings. The SMILES string of the molecule is Cc1ccnc(NC(=O)C2CCN(C(=O)c3cccc(OCC(C)C)c3)CC2)c1. The summed E-state index contributed by atoms with van der Waals surface area (Å²) >= 11 is 0. The number of aryl methyl sites for hydroxylation is 1.